The molecule has 0 spiro atoms. The Kier molecular flexibility index (Phi) is 7.99. The zero-order valence-corrected chi connectivity index (χ0v) is 17.8. The molecular formula is C19H15BrF6N4O2. The second-order valence-corrected chi connectivity index (χ2v) is 7.04. The Morgan fingerprint density at radius 2 is 1.72 bits per heavy atom. The quantitative estimate of drug-likeness (QED) is 0.323. The summed E-state index contributed by atoms with van der Waals surface area (Å²) in [6.07, 6.45) is -6.68. The van der Waals surface area contributed by atoms with Crippen molar-refractivity contribution >= 4 is 33.3 Å². The zero-order chi connectivity index (χ0) is 24.1. The highest BCUT2D eigenvalue weighted by Gasteiger charge is 2.36. The van der Waals surface area contributed by atoms with Crippen LogP contribution in [-0.2, 0) is 15.7 Å². The summed E-state index contributed by atoms with van der Waals surface area (Å²) in [6.45, 7) is 1.36. The number of ether oxygens (including phenoxy) is 1. The third-order valence-corrected chi connectivity index (χ3v) is 4.21. The lowest BCUT2D eigenvalue weighted by Crippen LogP contribution is -2.28. The maximum atomic E-state index is 13.1. The molecule has 2 rings (SSSR count). The molecule has 172 valence electrons. The first kappa shape index (κ1) is 25.3. The Hall–Kier alpha value is -2.96. The van der Waals surface area contributed by atoms with Crippen LogP contribution < -0.4 is 5.73 Å². The smallest absolute Gasteiger partial charge is 0.430 e. The summed E-state index contributed by atoms with van der Waals surface area (Å²) in [5.74, 6) is -2.90. The third kappa shape index (κ3) is 6.77. The van der Waals surface area contributed by atoms with Crippen LogP contribution in [0.2, 0.25) is 0 Å². The van der Waals surface area contributed by atoms with E-state index in [9.17, 15) is 31.1 Å². The van der Waals surface area contributed by atoms with Crippen molar-refractivity contribution in [1.82, 2.24) is 9.97 Å². The van der Waals surface area contributed by atoms with Crippen molar-refractivity contribution in [3.63, 3.8) is 0 Å². The first-order chi connectivity index (χ1) is 14.8. The highest BCUT2D eigenvalue weighted by Crippen LogP contribution is 2.31. The molecule has 1 heterocycles. The maximum Gasteiger partial charge on any atom is 0.430 e. The molecule has 0 fully saturated rings. The Morgan fingerprint density at radius 1 is 1.16 bits per heavy atom. The normalized spacial score (nSPS) is 14.2. The molecule has 0 saturated carbocycles. The molecule has 0 bridgehead atoms. The van der Waals surface area contributed by atoms with Gasteiger partial charge in [-0.05, 0) is 53.2 Å². The number of hydrogen-bond acceptors (Lipinski definition) is 6. The molecule has 1 aromatic heterocycles. The van der Waals surface area contributed by atoms with E-state index < -0.39 is 41.2 Å². The number of nitrogens with zero attached hydrogens (tertiary/aromatic N) is 3. The van der Waals surface area contributed by atoms with Crippen LogP contribution in [0.25, 0.3) is 0 Å². The first-order valence-corrected chi connectivity index (χ1v) is 9.56. The van der Waals surface area contributed by atoms with Gasteiger partial charge in [-0.2, -0.15) is 26.3 Å². The molecule has 0 saturated heterocycles. The van der Waals surface area contributed by atoms with E-state index in [0.717, 1.165) is 12.1 Å². The Balaban J connectivity index is 2.67. The van der Waals surface area contributed by atoms with Crippen LogP contribution >= 0.6 is 15.9 Å². The van der Waals surface area contributed by atoms with Crippen molar-refractivity contribution in [2.24, 2.45) is 10.7 Å². The van der Waals surface area contributed by atoms with E-state index in [-0.39, 0.29) is 18.1 Å². The van der Waals surface area contributed by atoms with E-state index in [1.807, 2.05) is 0 Å². The molecule has 0 aliphatic rings. The molecule has 1 aromatic carbocycles. The van der Waals surface area contributed by atoms with Gasteiger partial charge in [0.15, 0.2) is 5.92 Å². The second-order valence-electron chi connectivity index (χ2n) is 6.12. The van der Waals surface area contributed by atoms with Gasteiger partial charge in [-0.25, -0.2) is 9.97 Å². The second kappa shape index (κ2) is 10.1. The number of alkyl halides is 6. The number of halogens is 7. The van der Waals surface area contributed by atoms with E-state index in [1.165, 1.54) is 19.3 Å². The van der Waals surface area contributed by atoms with Crippen LogP contribution in [-0.4, -0.2) is 34.4 Å². The van der Waals surface area contributed by atoms with Crippen LogP contribution in [0.3, 0.4) is 0 Å². The van der Waals surface area contributed by atoms with Gasteiger partial charge in [0.2, 0.25) is 0 Å². The lowest BCUT2D eigenvalue weighted by atomic mass is 10.0. The molecule has 0 amide bonds. The van der Waals surface area contributed by atoms with Gasteiger partial charge in [-0.1, -0.05) is 0 Å². The summed E-state index contributed by atoms with van der Waals surface area (Å²) in [6, 6.07) is 3.27. The highest BCUT2D eigenvalue weighted by atomic mass is 79.9. The Labute approximate surface area is 186 Å². The van der Waals surface area contributed by atoms with E-state index in [2.05, 4.69) is 30.9 Å². The van der Waals surface area contributed by atoms with Crippen LogP contribution in [0.4, 0.5) is 32.0 Å². The molecule has 32 heavy (non-hydrogen) atoms. The minimum absolute atomic E-state index is 0.113. The topological polar surface area (TPSA) is 90.5 Å². The summed E-state index contributed by atoms with van der Waals surface area (Å²) < 4.78 is 82.9. The first-order valence-electron chi connectivity index (χ1n) is 8.77. The lowest BCUT2D eigenvalue weighted by molar-refractivity contribution is -0.143. The van der Waals surface area contributed by atoms with Gasteiger partial charge in [0, 0.05) is 12.4 Å². The number of allylic oxidation sites excluding steroid dienone is 2. The summed E-state index contributed by atoms with van der Waals surface area (Å²) in [5, 5.41) is 0. The van der Waals surface area contributed by atoms with Crippen LogP contribution in [0.1, 0.15) is 24.2 Å². The Morgan fingerprint density at radius 3 is 2.19 bits per heavy atom. The third-order valence-electron chi connectivity index (χ3n) is 3.80. The molecule has 0 aliphatic carbocycles. The number of rotatable bonds is 6. The number of aromatic nitrogens is 2. The number of hydrogen-bond donors (Lipinski definition) is 1. The average Bonchev–Trinajstić information content (AvgIpc) is 2.69. The minimum Gasteiger partial charge on any atom is -0.465 e. The molecule has 0 aliphatic heterocycles. The monoisotopic (exact) mass is 524 g/mol. The number of benzene rings is 1. The zero-order valence-electron chi connectivity index (χ0n) is 16.2. The van der Waals surface area contributed by atoms with Gasteiger partial charge >= 0.3 is 18.3 Å². The highest BCUT2D eigenvalue weighted by molar-refractivity contribution is 9.10. The van der Waals surface area contributed by atoms with E-state index in [0.29, 0.717) is 22.7 Å². The molecule has 13 heteroatoms. The predicted octanol–water partition coefficient (Wildman–Crippen LogP) is 5.08. The summed E-state index contributed by atoms with van der Waals surface area (Å²) >= 11 is 3.10. The van der Waals surface area contributed by atoms with Gasteiger partial charge in [-0.3, -0.25) is 9.79 Å². The molecule has 2 N–H and O–H groups in total. The van der Waals surface area contributed by atoms with Gasteiger partial charge in [0.25, 0.3) is 0 Å². The average molecular weight is 525 g/mol. The van der Waals surface area contributed by atoms with E-state index in [1.54, 1.807) is 0 Å². The van der Waals surface area contributed by atoms with Crippen molar-refractivity contribution in [3.8, 4) is 0 Å². The maximum absolute atomic E-state index is 13.1. The molecular weight excluding hydrogens is 510 g/mol. The number of carbonyl (C=O) groups excluding carboxylic acids is 1. The molecule has 6 nitrogen and oxygen atoms in total. The lowest BCUT2D eigenvalue weighted by Gasteiger charge is -2.16. The van der Waals surface area contributed by atoms with Crippen molar-refractivity contribution < 1.29 is 35.9 Å². The van der Waals surface area contributed by atoms with Gasteiger partial charge in [0.1, 0.15) is 11.5 Å². The van der Waals surface area contributed by atoms with Gasteiger partial charge in [0.05, 0.1) is 28.0 Å². The fourth-order valence-electron chi connectivity index (χ4n) is 2.35. The largest absolute Gasteiger partial charge is 0.465 e. The SMILES string of the molecule is CCOC(=O)C(C(/C=C(\N)C(F)(F)F)=Nc1ccc(C(F)(F)F)cc1)c1ncc(Br)cn1. The molecule has 2 aromatic rings. The van der Waals surface area contributed by atoms with Crippen molar-refractivity contribution in [2.45, 2.75) is 25.2 Å². The van der Waals surface area contributed by atoms with Crippen molar-refractivity contribution in [1.29, 1.82) is 0 Å². The molecule has 1 unspecified atom stereocenters. The molecule has 0 radical (unpaired) electrons. The minimum atomic E-state index is -4.96. The molecule has 1 atom stereocenters. The van der Waals surface area contributed by atoms with E-state index in [4.69, 9.17) is 10.5 Å². The van der Waals surface area contributed by atoms with Crippen molar-refractivity contribution in [3.05, 3.63) is 64.3 Å². The summed E-state index contributed by atoms with van der Waals surface area (Å²) in [4.78, 5) is 24.4. The number of aliphatic imine (C=N–C) groups is 1. The fourth-order valence-corrected chi connectivity index (χ4v) is 2.56. The van der Waals surface area contributed by atoms with Gasteiger partial charge < -0.3 is 10.5 Å². The van der Waals surface area contributed by atoms with Crippen LogP contribution in [0.5, 0.6) is 0 Å². The summed E-state index contributed by atoms with van der Waals surface area (Å²) in [7, 11) is 0. The van der Waals surface area contributed by atoms with E-state index >= 15 is 0 Å². The summed E-state index contributed by atoms with van der Waals surface area (Å²) in [5.41, 5.74) is 1.80. The number of esters is 1. The number of carbonyl (C=O) groups is 1. The standard InChI is InChI=1S/C19H15BrF6N4O2/c1-2-32-17(31)15(16-28-8-11(20)9-29-16)13(7-14(27)19(24,25)26)30-12-5-3-10(4-6-12)18(21,22)23/h3-9,15H,2,27H2,1H3/b14-7-,30-13?. The predicted molar refractivity (Wildman–Crippen MR) is 106 cm³/mol. The van der Waals surface area contributed by atoms with Crippen LogP contribution in [0.15, 0.2) is 57.9 Å². The number of nitrogens with two attached hydrogens (primary N) is 1. The van der Waals surface area contributed by atoms with Crippen molar-refractivity contribution in [2.75, 3.05) is 6.61 Å². The van der Waals surface area contributed by atoms with Crippen LogP contribution in [0, 0.1) is 0 Å². The fraction of sp³-hybridized carbons (Fsp3) is 0.263. The van der Waals surface area contributed by atoms with Gasteiger partial charge in [-0.15, -0.1) is 0 Å². The Bertz CT molecular complexity index is 1000.